The predicted molar refractivity (Wildman–Crippen MR) is 156 cm³/mol. The minimum Gasteiger partial charge on any atom is -0.496 e. The zero-order valence-corrected chi connectivity index (χ0v) is 22.6. The number of halogens is 1. The average Bonchev–Trinajstić information content (AvgIpc) is 2.97. The van der Waals surface area contributed by atoms with Gasteiger partial charge in [-0.1, -0.05) is 60.1 Å². The number of ketones is 1. The average molecular weight is 557 g/mol. The van der Waals surface area contributed by atoms with Crippen LogP contribution in [-0.2, 0) is 4.79 Å². The lowest BCUT2D eigenvalue weighted by Crippen LogP contribution is -2.30. The van der Waals surface area contributed by atoms with Crippen LogP contribution in [0.5, 0.6) is 5.75 Å². The lowest BCUT2D eigenvalue weighted by Gasteiger charge is -2.12. The summed E-state index contributed by atoms with van der Waals surface area (Å²) in [6.45, 7) is 0. The molecule has 39 heavy (non-hydrogen) atoms. The first-order chi connectivity index (χ1) is 18.9. The Kier molecular flexibility index (Phi) is 9.56. The van der Waals surface area contributed by atoms with Crippen molar-refractivity contribution in [1.29, 1.82) is 0 Å². The van der Waals surface area contributed by atoms with Crippen molar-refractivity contribution < 1.29 is 19.1 Å². The van der Waals surface area contributed by atoms with E-state index in [4.69, 9.17) is 16.3 Å². The van der Waals surface area contributed by atoms with Crippen molar-refractivity contribution >= 4 is 52.7 Å². The van der Waals surface area contributed by atoms with Crippen LogP contribution in [0.25, 0.3) is 6.08 Å². The quantitative estimate of drug-likeness (QED) is 0.128. The summed E-state index contributed by atoms with van der Waals surface area (Å²) in [7, 11) is 1.54. The molecule has 0 spiro atoms. The second-order valence-electron chi connectivity index (χ2n) is 8.29. The molecule has 0 radical (unpaired) electrons. The van der Waals surface area contributed by atoms with Crippen LogP contribution in [-0.4, -0.2) is 30.5 Å². The lowest BCUT2D eigenvalue weighted by molar-refractivity contribution is -0.113. The summed E-state index contributed by atoms with van der Waals surface area (Å²) in [6.07, 6.45) is 1.53. The number of methoxy groups -OCH3 is 1. The molecule has 4 aromatic rings. The highest BCUT2D eigenvalue weighted by Gasteiger charge is 2.16. The molecule has 4 aromatic carbocycles. The molecule has 0 saturated carbocycles. The fourth-order valence-corrected chi connectivity index (χ4v) is 4.60. The van der Waals surface area contributed by atoms with Crippen molar-refractivity contribution in [2.24, 2.45) is 0 Å². The number of para-hydroxylation sites is 1. The third-order valence-corrected chi connectivity index (χ3v) is 6.98. The highest BCUT2D eigenvalue weighted by molar-refractivity contribution is 8.00. The van der Waals surface area contributed by atoms with Crippen LogP contribution in [0, 0.1) is 0 Å². The molecule has 0 bridgehead atoms. The van der Waals surface area contributed by atoms with Gasteiger partial charge in [-0.2, -0.15) is 0 Å². The van der Waals surface area contributed by atoms with Crippen LogP contribution in [0.15, 0.2) is 114 Å². The van der Waals surface area contributed by atoms with Gasteiger partial charge in [-0.15, -0.1) is 11.8 Å². The predicted octanol–water partition coefficient (Wildman–Crippen LogP) is 6.73. The molecule has 2 N–H and O–H groups in total. The SMILES string of the molecule is COc1ccccc1C(=O)CSc1ccc(NC(=O)/C(=C/c2ccccc2Cl)NC(=O)c2ccccc2)cc1. The number of carbonyl (C=O) groups excluding carboxylic acids is 3. The number of hydrogen-bond donors (Lipinski definition) is 2. The molecular formula is C31H25ClN2O4S. The first kappa shape index (κ1) is 27.7. The number of amides is 2. The maximum atomic E-state index is 13.2. The highest BCUT2D eigenvalue weighted by atomic mass is 35.5. The smallest absolute Gasteiger partial charge is 0.272 e. The van der Waals surface area contributed by atoms with Gasteiger partial charge >= 0.3 is 0 Å². The second-order valence-corrected chi connectivity index (χ2v) is 9.75. The van der Waals surface area contributed by atoms with Crippen LogP contribution in [0.2, 0.25) is 5.02 Å². The number of anilines is 1. The minimum absolute atomic E-state index is 0.0396. The first-order valence-electron chi connectivity index (χ1n) is 12.0. The Morgan fingerprint density at radius 2 is 1.51 bits per heavy atom. The van der Waals surface area contributed by atoms with Gasteiger partial charge in [0.15, 0.2) is 5.78 Å². The molecule has 0 unspecified atom stereocenters. The van der Waals surface area contributed by atoms with Gasteiger partial charge < -0.3 is 15.4 Å². The molecule has 4 rings (SSSR count). The number of nitrogens with one attached hydrogen (secondary N) is 2. The Bertz CT molecular complexity index is 1500. The largest absolute Gasteiger partial charge is 0.496 e. The van der Waals surface area contributed by atoms with Crippen molar-refractivity contribution in [3.05, 3.63) is 131 Å². The van der Waals surface area contributed by atoms with Gasteiger partial charge in [0.25, 0.3) is 11.8 Å². The van der Waals surface area contributed by atoms with Crippen LogP contribution in [0.3, 0.4) is 0 Å². The zero-order chi connectivity index (χ0) is 27.6. The maximum Gasteiger partial charge on any atom is 0.272 e. The summed E-state index contributed by atoms with van der Waals surface area (Å²) in [5.41, 5.74) is 2.10. The fraction of sp³-hybridized carbons (Fsp3) is 0.0645. The topological polar surface area (TPSA) is 84.5 Å². The van der Waals surface area contributed by atoms with E-state index in [1.807, 2.05) is 18.2 Å². The molecule has 8 heteroatoms. The second kappa shape index (κ2) is 13.5. The monoisotopic (exact) mass is 556 g/mol. The van der Waals surface area contributed by atoms with Crippen molar-refractivity contribution in [3.8, 4) is 5.75 Å². The molecule has 0 aliphatic heterocycles. The van der Waals surface area contributed by atoms with Gasteiger partial charge in [0.1, 0.15) is 11.4 Å². The minimum atomic E-state index is -0.508. The molecule has 0 aliphatic carbocycles. The number of rotatable bonds is 10. The van der Waals surface area contributed by atoms with E-state index in [1.165, 1.54) is 24.9 Å². The number of thioether (sulfide) groups is 1. The summed E-state index contributed by atoms with van der Waals surface area (Å²) in [4.78, 5) is 39.5. The van der Waals surface area contributed by atoms with Gasteiger partial charge in [0.05, 0.1) is 18.4 Å². The zero-order valence-electron chi connectivity index (χ0n) is 21.0. The third kappa shape index (κ3) is 7.60. The van der Waals surface area contributed by atoms with Gasteiger partial charge in [-0.3, -0.25) is 14.4 Å². The van der Waals surface area contributed by atoms with E-state index < -0.39 is 11.8 Å². The summed E-state index contributed by atoms with van der Waals surface area (Å²) >= 11 is 7.67. The summed E-state index contributed by atoms with van der Waals surface area (Å²) in [6, 6.07) is 29.9. The van der Waals surface area contributed by atoms with E-state index in [0.29, 0.717) is 33.1 Å². The Morgan fingerprint density at radius 3 is 2.23 bits per heavy atom. The summed E-state index contributed by atoms with van der Waals surface area (Å²) < 4.78 is 5.28. The van der Waals surface area contributed by atoms with Crippen LogP contribution in [0.4, 0.5) is 5.69 Å². The Hall–Kier alpha value is -4.33. The van der Waals surface area contributed by atoms with Gasteiger partial charge in [-0.25, -0.2) is 0 Å². The molecular weight excluding hydrogens is 532 g/mol. The van der Waals surface area contributed by atoms with E-state index in [0.717, 1.165) is 4.90 Å². The normalized spacial score (nSPS) is 11.0. The number of benzene rings is 4. The molecule has 196 valence electrons. The summed E-state index contributed by atoms with van der Waals surface area (Å²) in [5.74, 6) is -0.191. The van der Waals surface area contributed by atoms with E-state index in [2.05, 4.69) is 10.6 Å². The van der Waals surface area contributed by atoms with Crippen molar-refractivity contribution in [1.82, 2.24) is 5.32 Å². The van der Waals surface area contributed by atoms with Crippen LogP contribution >= 0.6 is 23.4 Å². The number of hydrogen-bond acceptors (Lipinski definition) is 5. The Balaban J connectivity index is 1.45. The van der Waals surface area contributed by atoms with Gasteiger partial charge in [-0.05, 0) is 66.2 Å². The van der Waals surface area contributed by atoms with Gasteiger partial charge in [0, 0.05) is 21.2 Å². The standard InChI is InChI=1S/C31H25ClN2O4S/c1-38-29-14-8-6-12-25(29)28(35)20-39-24-17-15-23(16-18-24)33-31(37)27(19-22-11-5-7-13-26(22)32)34-30(36)21-9-3-2-4-10-21/h2-19H,20H2,1H3,(H,33,37)(H,34,36)/b27-19-. The molecule has 0 heterocycles. The number of Topliss-reactive ketones (excluding diaryl/α,β-unsaturated/α-hetero) is 1. The fourth-order valence-electron chi connectivity index (χ4n) is 3.62. The molecule has 0 aromatic heterocycles. The molecule has 6 nitrogen and oxygen atoms in total. The van der Waals surface area contributed by atoms with Crippen LogP contribution in [0.1, 0.15) is 26.3 Å². The molecule has 0 fully saturated rings. The molecule has 0 atom stereocenters. The maximum absolute atomic E-state index is 13.2. The Morgan fingerprint density at radius 1 is 0.846 bits per heavy atom. The van der Waals surface area contributed by atoms with E-state index in [1.54, 1.807) is 84.9 Å². The molecule has 2 amide bonds. The number of ether oxygens (including phenoxy) is 1. The van der Waals surface area contributed by atoms with Gasteiger partial charge in [0.2, 0.25) is 0 Å². The third-order valence-electron chi connectivity index (χ3n) is 5.62. The highest BCUT2D eigenvalue weighted by Crippen LogP contribution is 2.25. The van der Waals surface area contributed by atoms with E-state index in [9.17, 15) is 14.4 Å². The molecule has 0 aliphatic rings. The molecule has 0 saturated heterocycles. The number of carbonyl (C=O) groups is 3. The van der Waals surface area contributed by atoms with Crippen LogP contribution < -0.4 is 15.4 Å². The first-order valence-corrected chi connectivity index (χ1v) is 13.3. The van der Waals surface area contributed by atoms with Crippen molar-refractivity contribution in [2.75, 3.05) is 18.2 Å². The van der Waals surface area contributed by atoms with Crippen molar-refractivity contribution in [3.63, 3.8) is 0 Å². The van der Waals surface area contributed by atoms with E-state index in [-0.39, 0.29) is 17.2 Å². The van der Waals surface area contributed by atoms with E-state index >= 15 is 0 Å². The Labute approximate surface area is 236 Å². The van der Waals surface area contributed by atoms with Crippen molar-refractivity contribution in [2.45, 2.75) is 4.90 Å². The lowest BCUT2D eigenvalue weighted by atomic mass is 10.1. The summed E-state index contributed by atoms with van der Waals surface area (Å²) in [5, 5.41) is 5.96.